The van der Waals surface area contributed by atoms with Crippen molar-refractivity contribution in [2.45, 2.75) is 65.5 Å². The number of carboxylic acid groups (broad SMARTS) is 1. The summed E-state index contributed by atoms with van der Waals surface area (Å²) in [6.45, 7) is 9.45. The minimum Gasteiger partial charge on any atom is -0.480 e. The minimum atomic E-state index is -1.01. The first-order chi connectivity index (χ1) is 9.56. The van der Waals surface area contributed by atoms with Crippen molar-refractivity contribution in [2.24, 2.45) is 11.8 Å². The van der Waals surface area contributed by atoms with Gasteiger partial charge in [-0.15, -0.1) is 0 Å². The standard InChI is InChI=1S/C16H27NO4/c1-10-6-11(2)8-12(7-10)9-13(14(18)19)17-15(20)21-16(3,4)5/h6,10,12-13H,7-9H2,1-5H3,(H,17,20)(H,18,19). The van der Waals surface area contributed by atoms with Crippen molar-refractivity contribution in [1.29, 1.82) is 0 Å². The summed E-state index contributed by atoms with van der Waals surface area (Å²) in [5.74, 6) is -0.276. The third kappa shape index (κ3) is 6.65. The van der Waals surface area contributed by atoms with Crippen LogP contribution in [0.3, 0.4) is 0 Å². The van der Waals surface area contributed by atoms with E-state index in [0.717, 1.165) is 12.8 Å². The zero-order chi connectivity index (χ0) is 16.2. The number of alkyl carbamates (subject to hydrolysis) is 1. The molecule has 1 aliphatic carbocycles. The van der Waals surface area contributed by atoms with Gasteiger partial charge in [0.2, 0.25) is 0 Å². The quantitative estimate of drug-likeness (QED) is 0.780. The van der Waals surface area contributed by atoms with E-state index in [2.05, 4.69) is 25.2 Å². The Labute approximate surface area is 126 Å². The highest BCUT2D eigenvalue weighted by Crippen LogP contribution is 2.31. The van der Waals surface area contributed by atoms with Crippen LogP contribution in [-0.2, 0) is 9.53 Å². The molecule has 0 radical (unpaired) electrons. The zero-order valence-corrected chi connectivity index (χ0v) is 13.6. The van der Waals surface area contributed by atoms with Crippen LogP contribution in [0, 0.1) is 11.8 Å². The van der Waals surface area contributed by atoms with Gasteiger partial charge >= 0.3 is 12.1 Å². The lowest BCUT2D eigenvalue weighted by atomic mass is 9.80. The van der Waals surface area contributed by atoms with Gasteiger partial charge in [-0.3, -0.25) is 0 Å². The molecule has 0 heterocycles. The molecule has 0 spiro atoms. The van der Waals surface area contributed by atoms with E-state index in [0.29, 0.717) is 12.3 Å². The van der Waals surface area contributed by atoms with Gasteiger partial charge in [0.25, 0.3) is 0 Å². The van der Waals surface area contributed by atoms with Crippen molar-refractivity contribution in [3.63, 3.8) is 0 Å². The minimum absolute atomic E-state index is 0.279. The molecule has 0 bridgehead atoms. The lowest BCUT2D eigenvalue weighted by Gasteiger charge is -2.28. The van der Waals surface area contributed by atoms with Gasteiger partial charge in [0, 0.05) is 0 Å². The Morgan fingerprint density at radius 3 is 2.57 bits per heavy atom. The van der Waals surface area contributed by atoms with Crippen LogP contribution in [0.2, 0.25) is 0 Å². The van der Waals surface area contributed by atoms with E-state index in [1.165, 1.54) is 5.57 Å². The zero-order valence-electron chi connectivity index (χ0n) is 13.6. The highest BCUT2D eigenvalue weighted by atomic mass is 16.6. The van der Waals surface area contributed by atoms with Crippen LogP contribution in [0.4, 0.5) is 4.79 Å². The van der Waals surface area contributed by atoms with E-state index in [9.17, 15) is 14.7 Å². The second kappa shape index (κ2) is 6.96. The molecule has 5 nitrogen and oxygen atoms in total. The molecule has 0 aromatic rings. The summed E-state index contributed by atoms with van der Waals surface area (Å²) in [5.41, 5.74) is 0.659. The number of rotatable bonds is 4. The van der Waals surface area contributed by atoms with Crippen LogP contribution in [-0.4, -0.2) is 28.8 Å². The molecule has 0 saturated carbocycles. The highest BCUT2D eigenvalue weighted by Gasteiger charge is 2.28. The predicted octanol–water partition coefficient (Wildman–Crippen LogP) is 3.35. The molecule has 3 atom stereocenters. The Bertz CT molecular complexity index is 422. The van der Waals surface area contributed by atoms with Crippen LogP contribution < -0.4 is 5.32 Å². The summed E-state index contributed by atoms with van der Waals surface area (Å²) >= 11 is 0. The summed E-state index contributed by atoms with van der Waals surface area (Å²) in [5, 5.41) is 11.8. The molecule has 1 amide bonds. The number of carbonyl (C=O) groups excluding carboxylic acids is 1. The molecule has 0 fully saturated rings. The van der Waals surface area contributed by atoms with Crippen molar-refractivity contribution < 1.29 is 19.4 Å². The number of nitrogens with one attached hydrogen (secondary N) is 1. The highest BCUT2D eigenvalue weighted by molar-refractivity contribution is 5.80. The molecule has 0 aromatic heterocycles. The Kier molecular flexibility index (Phi) is 5.81. The summed E-state index contributed by atoms with van der Waals surface area (Å²) in [6.07, 6.45) is 3.84. The fraction of sp³-hybridized carbons (Fsp3) is 0.750. The fourth-order valence-corrected chi connectivity index (χ4v) is 2.87. The maximum atomic E-state index is 11.7. The first-order valence-corrected chi connectivity index (χ1v) is 7.46. The SMILES string of the molecule is CC1=CC(C)CC(CC(NC(=O)OC(C)(C)C)C(=O)O)C1. The number of amides is 1. The second-order valence-corrected chi connectivity index (χ2v) is 7.07. The van der Waals surface area contributed by atoms with Crippen LogP contribution in [0.1, 0.15) is 53.9 Å². The van der Waals surface area contributed by atoms with Crippen molar-refractivity contribution in [3.8, 4) is 0 Å². The van der Waals surface area contributed by atoms with Gasteiger partial charge in [-0.2, -0.15) is 0 Å². The number of aliphatic carboxylic acids is 1. The van der Waals surface area contributed by atoms with Gasteiger partial charge in [0.1, 0.15) is 11.6 Å². The normalized spacial score (nSPS) is 24.0. The molecule has 120 valence electrons. The number of ether oxygens (including phenoxy) is 1. The van der Waals surface area contributed by atoms with Gasteiger partial charge in [-0.1, -0.05) is 18.6 Å². The lowest BCUT2D eigenvalue weighted by Crippen LogP contribution is -2.44. The Morgan fingerprint density at radius 2 is 2.10 bits per heavy atom. The number of hydrogen-bond donors (Lipinski definition) is 2. The Morgan fingerprint density at radius 1 is 1.48 bits per heavy atom. The van der Waals surface area contributed by atoms with Crippen molar-refractivity contribution in [3.05, 3.63) is 11.6 Å². The summed E-state index contributed by atoms with van der Waals surface area (Å²) < 4.78 is 5.13. The average molecular weight is 297 g/mol. The van der Waals surface area contributed by atoms with Crippen LogP contribution in [0.5, 0.6) is 0 Å². The molecule has 0 aromatic carbocycles. The van der Waals surface area contributed by atoms with E-state index in [1.54, 1.807) is 20.8 Å². The van der Waals surface area contributed by atoms with E-state index < -0.39 is 23.7 Å². The molecule has 1 aliphatic rings. The van der Waals surface area contributed by atoms with Crippen molar-refractivity contribution in [2.75, 3.05) is 0 Å². The molecule has 3 unspecified atom stereocenters. The van der Waals surface area contributed by atoms with Gasteiger partial charge < -0.3 is 15.2 Å². The smallest absolute Gasteiger partial charge is 0.408 e. The molecule has 1 rings (SSSR count). The van der Waals surface area contributed by atoms with E-state index in [1.807, 2.05) is 0 Å². The van der Waals surface area contributed by atoms with Crippen molar-refractivity contribution >= 4 is 12.1 Å². The first-order valence-electron chi connectivity index (χ1n) is 7.46. The molecule has 21 heavy (non-hydrogen) atoms. The lowest BCUT2D eigenvalue weighted by molar-refractivity contribution is -0.140. The molecule has 0 aliphatic heterocycles. The van der Waals surface area contributed by atoms with Gasteiger partial charge in [-0.25, -0.2) is 9.59 Å². The third-order valence-electron chi connectivity index (χ3n) is 3.44. The predicted molar refractivity (Wildman–Crippen MR) is 81.1 cm³/mol. The van der Waals surface area contributed by atoms with Crippen LogP contribution >= 0.6 is 0 Å². The largest absolute Gasteiger partial charge is 0.480 e. The Hall–Kier alpha value is -1.52. The average Bonchev–Trinajstić information content (AvgIpc) is 2.23. The number of carboxylic acids is 1. The molecule has 5 heteroatoms. The number of hydrogen-bond acceptors (Lipinski definition) is 3. The van der Waals surface area contributed by atoms with Gasteiger partial charge in [-0.05, 0) is 58.8 Å². The third-order valence-corrected chi connectivity index (χ3v) is 3.44. The molecular formula is C16H27NO4. The number of allylic oxidation sites excluding steroid dienone is 2. The van der Waals surface area contributed by atoms with Crippen LogP contribution in [0.25, 0.3) is 0 Å². The van der Waals surface area contributed by atoms with E-state index in [-0.39, 0.29) is 5.92 Å². The second-order valence-electron chi connectivity index (χ2n) is 7.07. The summed E-state index contributed by atoms with van der Waals surface area (Å²) in [4.78, 5) is 23.1. The molecular weight excluding hydrogens is 270 g/mol. The maximum absolute atomic E-state index is 11.7. The monoisotopic (exact) mass is 297 g/mol. The van der Waals surface area contributed by atoms with Gasteiger partial charge in [0.15, 0.2) is 0 Å². The number of carbonyl (C=O) groups is 2. The first kappa shape index (κ1) is 17.5. The molecule has 0 saturated heterocycles. The molecule has 2 N–H and O–H groups in total. The van der Waals surface area contributed by atoms with E-state index >= 15 is 0 Å². The van der Waals surface area contributed by atoms with Gasteiger partial charge in [0.05, 0.1) is 0 Å². The Balaban J connectivity index is 2.61. The van der Waals surface area contributed by atoms with Crippen molar-refractivity contribution in [1.82, 2.24) is 5.32 Å². The van der Waals surface area contributed by atoms with E-state index in [4.69, 9.17) is 4.74 Å². The fourth-order valence-electron chi connectivity index (χ4n) is 2.87. The topological polar surface area (TPSA) is 75.6 Å². The van der Waals surface area contributed by atoms with Crippen LogP contribution in [0.15, 0.2) is 11.6 Å². The summed E-state index contributed by atoms with van der Waals surface area (Å²) in [7, 11) is 0. The maximum Gasteiger partial charge on any atom is 0.408 e. The summed E-state index contributed by atoms with van der Waals surface area (Å²) in [6, 6.07) is -0.900.